The molecule has 3 aromatic rings. The van der Waals surface area contributed by atoms with Gasteiger partial charge >= 0.3 is 0 Å². The van der Waals surface area contributed by atoms with Crippen molar-refractivity contribution in [3.8, 4) is 11.3 Å². The van der Waals surface area contributed by atoms with Gasteiger partial charge in [-0.1, -0.05) is 18.2 Å². The highest BCUT2D eigenvalue weighted by molar-refractivity contribution is 5.95. The molecule has 2 amide bonds. The zero-order valence-corrected chi connectivity index (χ0v) is 17.7. The lowest BCUT2D eigenvalue weighted by molar-refractivity contribution is -0.123. The van der Waals surface area contributed by atoms with Gasteiger partial charge in [0.15, 0.2) is 11.5 Å². The molecule has 0 radical (unpaired) electrons. The standard InChI is InChI=1S/C24H25N5O3/c25-23(31)17-10-12-28(13-11-17)24(32)18-8-4-15(5-9-18)19-2-1-3-22-26-21(27-29(19)22)14-20(30)16-6-7-16/h1-5,8-9,16-17H,6-7,10-14H2,(H2,25,31). The Morgan fingerprint density at radius 2 is 1.66 bits per heavy atom. The maximum absolute atomic E-state index is 12.9. The largest absolute Gasteiger partial charge is 0.369 e. The number of carbonyl (C=O) groups excluding carboxylic acids is 3. The molecule has 1 saturated carbocycles. The highest BCUT2D eigenvalue weighted by Crippen LogP contribution is 2.31. The molecule has 164 valence electrons. The molecule has 0 bridgehead atoms. The van der Waals surface area contributed by atoms with E-state index in [1.165, 1.54) is 0 Å². The van der Waals surface area contributed by atoms with Gasteiger partial charge in [0.25, 0.3) is 5.91 Å². The van der Waals surface area contributed by atoms with Crippen LogP contribution in [0.1, 0.15) is 41.9 Å². The van der Waals surface area contributed by atoms with Crippen molar-refractivity contribution >= 4 is 23.2 Å². The van der Waals surface area contributed by atoms with E-state index in [2.05, 4.69) is 10.1 Å². The Labute approximate surface area is 185 Å². The van der Waals surface area contributed by atoms with Crippen molar-refractivity contribution in [1.82, 2.24) is 19.5 Å². The van der Waals surface area contributed by atoms with E-state index in [1.54, 1.807) is 9.42 Å². The second-order valence-corrected chi connectivity index (χ2v) is 8.67. The number of hydrogen-bond acceptors (Lipinski definition) is 5. The van der Waals surface area contributed by atoms with Crippen LogP contribution in [0.5, 0.6) is 0 Å². The number of carbonyl (C=O) groups is 3. The van der Waals surface area contributed by atoms with Crippen molar-refractivity contribution < 1.29 is 14.4 Å². The molecule has 2 aromatic heterocycles. The van der Waals surface area contributed by atoms with Crippen LogP contribution in [-0.4, -0.2) is 50.2 Å². The van der Waals surface area contributed by atoms with E-state index in [1.807, 2.05) is 42.5 Å². The monoisotopic (exact) mass is 431 g/mol. The van der Waals surface area contributed by atoms with Crippen molar-refractivity contribution in [3.63, 3.8) is 0 Å². The minimum atomic E-state index is -0.288. The molecule has 2 fully saturated rings. The van der Waals surface area contributed by atoms with E-state index in [-0.39, 0.29) is 35.9 Å². The molecule has 32 heavy (non-hydrogen) atoms. The molecule has 0 spiro atoms. The Morgan fingerprint density at radius 1 is 0.938 bits per heavy atom. The molecule has 1 aliphatic carbocycles. The Balaban J connectivity index is 1.33. The SMILES string of the molecule is NC(=O)C1CCN(C(=O)c2ccc(-c3cccc4nc(CC(=O)C5CC5)nn34)cc2)CC1. The first-order chi connectivity index (χ1) is 15.5. The summed E-state index contributed by atoms with van der Waals surface area (Å²) in [6, 6.07) is 13.1. The average molecular weight is 431 g/mol. The van der Waals surface area contributed by atoms with Gasteiger partial charge in [-0.25, -0.2) is 9.50 Å². The van der Waals surface area contributed by atoms with Gasteiger partial charge in [0, 0.05) is 36.1 Å². The van der Waals surface area contributed by atoms with Crippen LogP contribution in [-0.2, 0) is 16.0 Å². The molecule has 0 unspecified atom stereocenters. The third-order valence-electron chi connectivity index (χ3n) is 6.38. The van der Waals surface area contributed by atoms with E-state index >= 15 is 0 Å². The lowest BCUT2D eigenvalue weighted by atomic mass is 9.95. The molecule has 1 aliphatic heterocycles. The Hall–Kier alpha value is -3.55. The number of Topliss-reactive ketones (excluding diaryl/α,β-unsaturated/α-hetero) is 1. The number of rotatable bonds is 6. The first-order valence-electron chi connectivity index (χ1n) is 11.1. The second-order valence-electron chi connectivity index (χ2n) is 8.67. The van der Waals surface area contributed by atoms with Crippen molar-refractivity contribution in [3.05, 3.63) is 53.9 Å². The number of fused-ring (bicyclic) bond motifs is 1. The van der Waals surface area contributed by atoms with Gasteiger partial charge in [-0.2, -0.15) is 5.10 Å². The zero-order chi connectivity index (χ0) is 22.2. The summed E-state index contributed by atoms with van der Waals surface area (Å²) in [5.74, 6) is 0.468. The first kappa shape index (κ1) is 20.4. The van der Waals surface area contributed by atoms with Gasteiger partial charge in [0.2, 0.25) is 5.91 Å². The molecular weight excluding hydrogens is 406 g/mol. The van der Waals surface area contributed by atoms with Crippen LogP contribution in [0, 0.1) is 11.8 Å². The summed E-state index contributed by atoms with van der Waals surface area (Å²) < 4.78 is 1.75. The van der Waals surface area contributed by atoms with Crippen LogP contribution >= 0.6 is 0 Å². The van der Waals surface area contributed by atoms with Crippen LogP contribution in [0.25, 0.3) is 16.9 Å². The Kier molecular flexibility index (Phi) is 5.20. The summed E-state index contributed by atoms with van der Waals surface area (Å²) in [6.45, 7) is 1.07. The summed E-state index contributed by atoms with van der Waals surface area (Å²) in [6.07, 6.45) is 3.45. The zero-order valence-electron chi connectivity index (χ0n) is 17.7. The molecule has 5 rings (SSSR count). The number of hydrogen-bond donors (Lipinski definition) is 1. The smallest absolute Gasteiger partial charge is 0.253 e. The van der Waals surface area contributed by atoms with Gasteiger partial charge in [-0.15, -0.1) is 0 Å². The van der Waals surface area contributed by atoms with Crippen molar-refractivity contribution in [1.29, 1.82) is 0 Å². The predicted octanol–water partition coefficient (Wildman–Crippen LogP) is 2.26. The molecule has 0 atom stereocenters. The summed E-state index contributed by atoms with van der Waals surface area (Å²) in [7, 11) is 0. The number of amides is 2. The lowest BCUT2D eigenvalue weighted by Gasteiger charge is -2.30. The summed E-state index contributed by atoms with van der Waals surface area (Å²) in [5, 5.41) is 4.56. The van der Waals surface area contributed by atoms with Crippen LogP contribution < -0.4 is 5.73 Å². The third-order valence-corrected chi connectivity index (χ3v) is 6.38. The maximum Gasteiger partial charge on any atom is 0.253 e. The topological polar surface area (TPSA) is 111 Å². The van der Waals surface area contributed by atoms with Crippen molar-refractivity contribution in [2.75, 3.05) is 13.1 Å². The molecule has 2 N–H and O–H groups in total. The fourth-order valence-corrected chi connectivity index (χ4v) is 4.28. The third kappa shape index (κ3) is 4.00. The van der Waals surface area contributed by atoms with Crippen LogP contribution in [0.3, 0.4) is 0 Å². The van der Waals surface area contributed by atoms with Crippen LogP contribution in [0.15, 0.2) is 42.5 Å². The number of nitrogens with zero attached hydrogens (tertiary/aromatic N) is 4. The molecule has 1 saturated heterocycles. The second kappa shape index (κ2) is 8.18. The van der Waals surface area contributed by atoms with Gasteiger partial charge in [0.05, 0.1) is 12.1 Å². The van der Waals surface area contributed by atoms with Crippen LogP contribution in [0.2, 0.25) is 0 Å². The fourth-order valence-electron chi connectivity index (χ4n) is 4.28. The van der Waals surface area contributed by atoms with E-state index in [4.69, 9.17) is 5.73 Å². The van der Waals surface area contributed by atoms with Crippen LogP contribution in [0.4, 0.5) is 0 Å². The fraction of sp³-hybridized carbons (Fsp3) is 0.375. The lowest BCUT2D eigenvalue weighted by Crippen LogP contribution is -2.41. The molecule has 2 aliphatic rings. The van der Waals surface area contributed by atoms with Crippen molar-refractivity contribution in [2.24, 2.45) is 17.6 Å². The van der Waals surface area contributed by atoms with E-state index in [0.29, 0.717) is 43.0 Å². The number of likely N-dealkylation sites (tertiary alicyclic amines) is 1. The van der Waals surface area contributed by atoms with E-state index in [9.17, 15) is 14.4 Å². The van der Waals surface area contributed by atoms with Gasteiger partial charge < -0.3 is 10.6 Å². The average Bonchev–Trinajstić information content (AvgIpc) is 3.58. The molecule has 3 heterocycles. The summed E-state index contributed by atoms with van der Waals surface area (Å²) in [4.78, 5) is 42.6. The Morgan fingerprint density at radius 3 is 2.31 bits per heavy atom. The maximum atomic E-state index is 12.9. The van der Waals surface area contributed by atoms with Crippen molar-refractivity contribution in [2.45, 2.75) is 32.1 Å². The van der Waals surface area contributed by atoms with Gasteiger partial charge in [-0.3, -0.25) is 14.4 Å². The number of primary amides is 1. The summed E-state index contributed by atoms with van der Waals surface area (Å²) in [5.41, 5.74) is 8.43. The number of ketones is 1. The molecule has 1 aromatic carbocycles. The molecular formula is C24H25N5O3. The predicted molar refractivity (Wildman–Crippen MR) is 118 cm³/mol. The minimum absolute atomic E-state index is 0.0423. The number of piperidine rings is 1. The Bertz CT molecular complexity index is 1190. The minimum Gasteiger partial charge on any atom is -0.369 e. The normalized spacial score (nSPS) is 16.9. The number of benzene rings is 1. The number of pyridine rings is 1. The number of nitrogens with two attached hydrogens (primary N) is 1. The van der Waals surface area contributed by atoms with E-state index in [0.717, 1.165) is 24.1 Å². The molecule has 8 heteroatoms. The quantitative estimate of drug-likeness (QED) is 0.644. The first-order valence-corrected chi connectivity index (χ1v) is 11.1. The number of aromatic nitrogens is 3. The highest BCUT2D eigenvalue weighted by atomic mass is 16.2. The highest BCUT2D eigenvalue weighted by Gasteiger charge is 2.30. The van der Waals surface area contributed by atoms with Gasteiger partial charge in [0.1, 0.15) is 5.78 Å². The van der Waals surface area contributed by atoms with E-state index < -0.39 is 0 Å². The van der Waals surface area contributed by atoms with Gasteiger partial charge in [-0.05, 0) is 49.9 Å². The molecule has 8 nitrogen and oxygen atoms in total. The summed E-state index contributed by atoms with van der Waals surface area (Å²) >= 11 is 0.